The standard InChI is InChI=1S/C17H11FN4O3/c18-15-10-12(11-19)7-8-14(15)17(23)21-20-9-3-5-13-4-1-2-6-16(13)22(24)25/h1-10H,(H,21,23)/b5-3-,20-9-. The van der Waals surface area contributed by atoms with Gasteiger partial charge in [-0.05, 0) is 36.4 Å². The van der Waals surface area contributed by atoms with Gasteiger partial charge in [-0.25, -0.2) is 9.82 Å². The molecule has 0 atom stereocenters. The number of benzene rings is 2. The van der Waals surface area contributed by atoms with Crippen molar-refractivity contribution in [1.82, 2.24) is 5.43 Å². The van der Waals surface area contributed by atoms with Crippen molar-refractivity contribution < 1.29 is 14.1 Å². The van der Waals surface area contributed by atoms with E-state index in [0.717, 1.165) is 6.07 Å². The number of para-hydroxylation sites is 1. The molecule has 2 rings (SSSR count). The number of amides is 1. The molecule has 7 nitrogen and oxygen atoms in total. The van der Waals surface area contributed by atoms with Crippen LogP contribution in [0.4, 0.5) is 10.1 Å². The second-order valence-electron chi connectivity index (χ2n) is 4.70. The average molecular weight is 338 g/mol. The van der Waals surface area contributed by atoms with E-state index in [0.29, 0.717) is 5.56 Å². The van der Waals surface area contributed by atoms with Crippen LogP contribution in [0.2, 0.25) is 0 Å². The first kappa shape index (κ1) is 17.5. The van der Waals surface area contributed by atoms with Crippen LogP contribution in [0.5, 0.6) is 0 Å². The Morgan fingerprint density at radius 1 is 1.32 bits per heavy atom. The van der Waals surface area contributed by atoms with Crippen molar-refractivity contribution in [1.29, 1.82) is 5.26 Å². The van der Waals surface area contributed by atoms with Gasteiger partial charge in [0.2, 0.25) is 0 Å². The fourth-order valence-corrected chi connectivity index (χ4v) is 1.91. The van der Waals surface area contributed by atoms with E-state index in [1.807, 2.05) is 0 Å². The molecular weight excluding hydrogens is 327 g/mol. The van der Waals surface area contributed by atoms with E-state index in [4.69, 9.17) is 5.26 Å². The van der Waals surface area contributed by atoms with Crippen LogP contribution in [0.1, 0.15) is 21.5 Å². The molecule has 25 heavy (non-hydrogen) atoms. The molecule has 0 saturated heterocycles. The van der Waals surface area contributed by atoms with E-state index in [1.54, 1.807) is 24.3 Å². The second-order valence-corrected chi connectivity index (χ2v) is 4.70. The van der Waals surface area contributed by atoms with E-state index in [-0.39, 0.29) is 16.8 Å². The number of nitriles is 1. The van der Waals surface area contributed by atoms with Crippen LogP contribution in [0.15, 0.2) is 53.6 Å². The van der Waals surface area contributed by atoms with Crippen molar-refractivity contribution >= 4 is 23.9 Å². The molecule has 0 saturated carbocycles. The van der Waals surface area contributed by atoms with Crippen LogP contribution < -0.4 is 5.43 Å². The molecule has 0 aliphatic heterocycles. The highest BCUT2D eigenvalue weighted by Gasteiger charge is 2.11. The lowest BCUT2D eigenvalue weighted by Gasteiger charge is -2.01. The fourth-order valence-electron chi connectivity index (χ4n) is 1.91. The molecule has 2 aromatic rings. The summed E-state index contributed by atoms with van der Waals surface area (Å²) in [6, 6.07) is 11.3. The Balaban J connectivity index is 2.01. The van der Waals surface area contributed by atoms with Crippen LogP contribution in [0, 0.1) is 27.3 Å². The number of nitrogens with one attached hydrogen (secondary N) is 1. The molecule has 0 bridgehead atoms. The Kier molecular flexibility index (Phi) is 5.68. The second kappa shape index (κ2) is 8.12. The number of nitro benzene ring substituents is 1. The summed E-state index contributed by atoms with van der Waals surface area (Å²) >= 11 is 0. The predicted octanol–water partition coefficient (Wildman–Crippen LogP) is 3.03. The Morgan fingerprint density at radius 2 is 2.08 bits per heavy atom. The van der Waals surface area contributed by atoms with Gasteiger partial charge in [0.15, 0.2) is 0 Å². The minimum absolute atomic E-state index is 0.0594. The van der Waals surface area contributed by atoms with E-state index < -0.39 is 16.6 Å². The normalized spacial score (nSPS) is 10.7. The third kappa shape index (κ3) is 4.56. The number of halogens is 1. The maximum absolute atomic E-state index is 13.7. The largest absolute Gasteiger partial charge is 0.276 e. The molecule has 0 spiro atoms. The van der Waals surface area contributed by atoms with Crippen LogP contribution >= 0.6 is 0 Å². The number of rotatable bonds is 5. The van der Waals surface area contributed by atoms with Crippen molar-refractivity contribution in [3.05, 3.63) is 81.2 Å². The van der Waals surface area contributed by atoms with Gasteiger partial charge < -0.3 is 0 Å². The van der Waals surface area contributed by atoms with Gasteiger partial charge in [-0.1, -0.05) is 12.1 Å². The van der Waals surface area contributed by atoms with Gasteiger partial charge in [-0.15, -0.1) is 0 Å². The van der Waals surface area contributed by atoms with Crippen molar-refractivity contribution in [3.8, 4) is 6.07 Å². The van der Waals surface area contributed by atoms with Gasteiger partial charge in [-0.2, -0.15) is 10.4 Å². The number of nitrogens with zero attached hydrogens (tertiary/aromatic N) is 3. The van der Waals surface area contributed by atoms with Gasteiger partial charge in [0.1, 0.15) is 5.82 Å². The Labute approximate surface area is 141 Å². The van der Waals surface area contributed by atoms with Crippen molar-refractivity contribution in [3.63, 3.8) is 0 Å². The zero-order chi connectivity index (χ0) is 18.2. The third-order valence-electron chi connectivity index (χ3n) is 3.08. The number of carbonyl (C=O) groups excluding carboxylic acids is 1. The zero-order valence-corrected chi connectivity index (χ0v) is 12.7. The van der Waals surface area contributed by atoms with Crippen LogP contribution in [0.25, 0.3) is 6.08 Å². The Bertz CT molecular complexity index is 916. The van der Waals surface area contributed by atoms with Crippen LogP contribution in [-0.2, 0) is 0 Å². The van der Waals surface area contributed by atoms with E-state index in [9.17, 15) is 19.3 Å². The topological polar surface area (TPSA) is 108 Å². The summed E-state index contributed by atoms with van der Waals surface area (Å²) in [4.78, 5) is 22.1. The minimum Gasteiger partial charge on any atom is -0.267 e. The summed E-state index contributed by atoms with van der Waals surface area (Å²) in [7, 11) is 0. The highest BCUT2D eigenvalue weighted by molar-refractivity contribution is 5.95. The van der Waals surface area contributed by atoms with E-state index in [1.165, 1.54) is 36.6 Å². The minimum atomic E-state index is -0.831. The molecule has 0 aromatic heterocycles. The van der Waals surface area contributed by atoms with Crippen molar-refractivity contribution in [2.75, 3.05) is 0 Å². The highest BCUT2D eigenvalue weighted by Crippen LogP contribution is 2.18. The fraction of sp³-hybridized carbons (Fsp3) is 0. The molecule has 0 aliphatic rings. The molecule has 2 aromatic carbocycles. The van der Waals surface area contributed by atoms with E-state index >= 15 is 0 Å². The lowest BCUT2D eigenvalue weighted by Crippen LogP contribution is -2.18. The molecule has 0 aliphatic carbocycles. The quantitative estimate of drug-likeness (QED) is 0.513. The number of hydrogen-bond donors (Lipinski definition) is 1. The summed E-state index contributed by atoms with van der Waals surface area (Å²) in [5, 5.41) is 23.1. The number of hydrogen-bond acceptors (Lipinski definition) is 5. The third-order valence-corrected chi connectivity index (χ3v) is 3.08. The molecule has 8 heteroatoms. The Morgan fingerprint density at radius 3 is 2.76 bits per heavy atom. The Hall–Kier alpha value is -3.86. The monoisotopic (exact) mass is 338 g/mol. The van der Waals surface area contributed by atoms with Gasteiger partial charge in [-0.3, -0.25) is 14.9 Å². The number of allylic oxidation sites excluding steroid dienone is 1. The maximum atomic E-state index is 13.7. The molecule has 0 unspecified atom stereocenters. The first-order valence-electron chi connectivity index (χ1n) is 6.96. The smallest absolute Gasteiger partial charge is 0.267 e. The van der Waals surface area contributed by atoms with E-state index in [2.05, 4.69) is 10.5 Å². The molecule has 1 amide bonds. The molecule has 0 fully saturated rings. The van der Waals surface area contributed by atoms with Gasteiger partial charge in [0, 0.05) is 12.3 Å². The molecule has 124 valence electrons. The summed E-state index contributed by atoms with van der Waals surface area (Å²) < 4.78 is 13.7. The lowest BCUT2D eigenvalue weighted by atomic mass is 10.1. The number of carbonyl (C=O) groups is 1. The predicted molar refractivity (Wildman–Crippen MR) is 89.2 cm³/mol. The first-order chi connectivity index (χ1) is 12.0. The lowest BCUT2D eigenvalue weighted by molar-refractivity contribution is -0.385. The summed E-state index contributed by atoms with van der Waals surface area (Å²) in [5.41, 5.74) is 2.29. The van der Waals surface area contributed by atoms with Gasteiger partial charge >= 0.3 is 0 Å². The van der Waals surface area contributed by atoms with Gasteiger partial charge in [0.25, 0.3) is 11.6 Å². The zero-order valence-electron chi connectivity index (χ0n) is 12.7. The highest BCUT2D eigenvalue weighted by atomic mass is 19.1. The number of nitro groups is 1. The molecule has 1 N–H and O–H groups in total. The van der Waals surface area contributed by atoms with Crippen LogP contribution in [0.3, 0.4) is 0 Å². The van der Waals surface area contributed by atoms with Gasteiger partial charge in [0.05, 0.1) is 27.7 Å². The SMILES string of the molecule is N#Cc1ccc(C(=O)N/N=C\C=C/c2ccccc2[N+](=O)[O-])c(F)c1. The average Bonchev–Trinajstić information content (AvgIpc) is 2.61. The molecule has 0 radical (unpaired) electrons. The molecule has 0 heterocycles. The number of hydrazone groups is 1. The van der Waals surface area contributed by atoms with Crippen molar-refractivity contribution in [2.24, 2.45) is 5.10 Å². The summed E-state index contributed by atoms with van der Waals surface area (Å²) in [6.07, 6.45) is 4.06. The molecular formula is C17H11FN4O3. The summed E-state index contributed by atoms with van der Waals surface area (Å²) in [5.74, 6) is -1.61. The van der Waals surface area contributed by atoms with Crippen LogP contribution in [-0.4, -0.2) is 17.0 Å². The first-order valence-corrected chi connectivity index (χ1v) is 6.96. The summed E-state index contributed by atoms with van der Waals surface area (Å²) in [6.45, 7) is 0. The van der Waals surface area contributed by atoms with Crippen molar-refractivity contribution in [2.45, 2.75) is 0 Å². The maximum Gasteiger partial charge on any atom is 0.276 e.